The summed E-state index contributed by atoms with van der Waals surface area (Å²) in [7, 11) is 1.75. The number of benzene rings is 1. The number of nitrogens with zero attached hydrogens (tertiary/aromatic N) is 4. The van der Waals surface area contributed by atoms with E-state index in [9.17, 15) is 13.2 Å². The fourth-order valence-corrected chi connectivity index (χ4v) is 3.43. The van der Waals surface area contributed by atoms with Gasteiger partial charge < -0.3 is 15.2 Å². The number of alkyl halides is 3. The summed E-state index contributed by atoms with van der Waals surface area (Å²) in [6.45, 7) is 4.08. The Morgan fingerprint density at radius 1 is 1.28 bits per heavy atom. The fraction of sp³-hybridized carbons (Fsp3) is 0.500. The molecule has 1 saturated heterocycles. The average molecular weight is 408 g/mol. The van der Waals surface area contributed by atoms with Crippen molar-refractivity contribution in [2.24, 2.45) is 4.99 Å². The standard InChI is InChI=1S/C20H27F3N6/c1-24-19(26-8-2-10-28-12-9-25-15-28)27-18-7-11-29(14-18)13-16-3-5-17(6-4-16)20(21,22)23/h3-6,9,12,15,18H,2,7-8,10-11,13-14H2,1H3,(H2,24,26,27). The zero-order valence-electron chi connectivity index (χ0n) is 16.5. The lowest BCUT2D eigenvalue weighted by molar-refractivity contribution is -0.137. The molecule has 9 heteroatoms. The molecule has 6 nitrogen and oxygen atoms in total. The quantitative estimate of drug-likeness (QED) is 0.420. The maximum Gasteiger partial charge on any atom is 0.416 e. The summed E-state index contributed by atoms with van der Waals surface area (Å²) < 4.78 is 40.1. The number of halogens is 3. The van der Waals surface area contributed by atoms with Crippen LogP contribution in [0.4, 0.5) is 13.2 Å². The Bertz CT molecular complexity index is 771. The molecule has 2 heterocycles. The molecule has 1 aromatic carbocycles. The van der Waals surface area contributed by atoms with Gasteiger partial charge in [0.05, 0.1) is 11.9 Å². The van der Waals surface area contributed by atoms with Crippen LogP contribution in [0.15, 0.2) is 48.0 Å². The van der Waals surface area contributed by atoms with Gasteiger partial charge in [0, 0.05) is 58.2 Å². The Labute approximate surface area is 168 Å². The molecule has 2 aromatic rings. The van der Waals surface area contributed by atoms with Gasteiger partial charge in [-0.2, -0.15) is 13.2 Å². The highest BCUT2D eigenvalue weighted by atomic mass is 19.4. The highest BCUT2D eigenvalue weighted by Gasteiger charge is 2.30. The molecular weight excluding hydrogens is 381 g/mol. The number of nitrogens with one attached hydrogen (secondary N) is 2. The molecule has 1 aliphatic heterocycles. The third-order valence-electron chi connectivity index (χ3n) is 4.97. The van der Waals surface area contributed by atoms with E-state index in [1.807, 2.05) is 10.8 Å². The highest BCUT2D eigenvalue weighted by molar-refractivity contribution is 5.79. The van der Waals surface area contributed by atoms with E-state index in [4.69, 9.17) is 0 Å². The summed E-state index contributed by atoms with van der Waals surface area (Å²) in [6.07, 6.45) is 3.15. The number of aliphatic imine (C=N–C) groups is 1. The van der Waals surface area contributed by atoms with E-state index in [-0.39, 0.29) is 6.04 Å². The van der Waals surface area contributed by atoms with Crippen LogP contribution in [-0.4, -0.2) is 53.1 Å². The van der Waals surface area contributed by atoms with Gasteiger partial charge in [-0.3, -0.25) is 9.89 Å². The number of aromatic nitrogens is 2. The molecule has 158 valence electrons. The first-order valence-electron chi connectivity index (χ1n) is 9.75. The number of rotatable bonds is 7. The fourth-order valence-electron chi connectivity index (χ4n) is 3.43. The van der Waals surface area contributed by atoms with E-state index in [1.54, 1.807) is 31.7 Å². The van der Waals surface area contributed by atoms with Gasteiger partial charge in [0.15, 0.2) is 5.96 Å². The van der Waals surface area contributed by atoms with Gasteiger partial charge >= 0.3 is 6.18 Å². The number of likely N-dealkylation sites (tertiary alicyclic amines) is 1. The van der Waals surface area contributed by atoms with Crippen molar-refractivity contribution < 1.29 is 13.2 Å². The lowest BCUT2D eigenvalue weighted by atomic mass is 10.1. The minimum atomic E-state index is -4.29. The second kappa shape index (κ2) is 9.78. The van der Waals surface area contributed by atoms with Gasteiger partial charge in [-0.15, -0.1) is 0 Å². The molecule has 1 unspecified atom stereocenters. The number of hydrogen-bond acceptors (Lipinski definition) is 3. The van der Waals surface area contributed by atoms with Crippen LogP contribution in [0.5, 0.6) is 0 Å². The van der Waals surface area contributed by atoms with E-state index < -0.39 is 11.7 Å². The maximum atomic E-state index is 12.7. The van der Waals surface area contributed by atoms with E-state index in [0.717, 1.165) is 62.7 Å². The molecule has 0 spiro atoms. The van der Waals surface area contributed by atoms with Gasteiger partial charge in [0.1, 0.15) is 0 Å². The topological polar surface area (TPSA) is 57.5 Å². The van der Waals surface area contributed by atoms with E-state index in [2.05, 4.69) is 25.5 Å². The van der Waals surface area contributed by atoms with Crippen LogP contribution in [0.1, 0.15) is 24.0 Å². The van der Waals surface area contributed by atoms with Crippen molar-refractivity contribution in [1.29, 1.82) is 0 Å². The molecule has 29 heavy (non-hydrogen) atoms. The summed E-state index contributed by atoms with van der Waals surface area (Å²) in [5.74, 6) is 0.775. The summed E-state index contributed by atoms with van der Waals surface area (Å²) in [4.78, 5) is 10.5. The number of hydrogen-bond donors (Lipinski definition) is 2. The third-order valence-corrected chi connectivity index (χ3v) is 4.97. The number of guanidine groups is 1. The molecule has 2 N–H and O–H groups in total. The van der Waals surface area contributed by atoms with Crippen LogP contribution in [0.3, 0.4) is 0 Å². The molecule has 0 saturated carbocycles. The molecule has 3 rings (SSSR count). The van der Waals surface area contributed by atoms with Crippen LogP contribution < -0.4 is 10.6 Å². The van der Waals surface area contributed by atoms with Crippen molar-refractivity contribution in [3.63, 3.8) is 0 Å². The van der Waals surface area contributed by atoms with Crippen molar-refractivity contribution in [3.8, 4) is 0 Å². The second-order valence-electron chi connectivity index (χ2n) is 7.21. The van der Waals surface area contributed by atoms with Gasteiger partial charge in [0.2, 0.25) is 0 Å². The molecule has 0 aliphatic carbocycles. The molecule has 0 radical (unpaired) electrons. The van der Waals surface area contributed by atoms with E-state index >= 15 is 0 Å². The van der Waals surface area contributed by atoms with Crippen molar-refractivity contribution in [1.82, 2.24) is 25.1 Å². The second-order valence-corrected chi connectivity index (χ2v) is 7.21. The van der Waals surface area contributed by atoms with Crippen molar-refractivity contribution >= 4 is 5.96 Å². The minimum Gasteiger partial charge on any atom is -0.356 e. The highest BCUT2D eigenvalue weighted by Crippen LogP contribution is 2.29. The lowest BCUT2D eigenvalue weighted by Gasteiger charge is -2.19. The first-order valence-corrected chi connectivity index (χ1v) is 9.75. The number of aryl methyl sites for hydroxylation is 1. The van der Waals surface area contributed by atoms with E-state index in [0.29, 0.717) is 6.54 Å². The first kappa shape index (κ1) is 21.2. The summed E-state index contributed by atoms with van der Waals surface area (Å²) in [6, 6.07) is 5.69. The number of imidazole rings is 1. The summed E-state index contributed by atoms with van der Waals surface area (Å²) in [5.41, 5.74) is 0.283. The van der Waals surface area contributed by atoms with Gasteiger partial charge in [-0.1, -0.05) is 12.1 Å². The lowest BCUT2D eigenvalue weighted by Crippen LogP contribution is -2.44. The first-order chi connectivity index (χ1) is 13.9. The largest absolute Gasteiger partial charge is 0.416 e. The van der Waals surface area contributed by atoms with Gasteiger partial charge in [-0.05, 0) is 30.5 Å². The molecular formula is C20H27F3N6. The smallest absolute Gasteiger partial charge is 0.356 e. The van der Waals surface area contributed by atoms with Crippen LogP contribution >= 0.6 is 0 Å². The molecule has 0 amide bonds. The Morgan fingerprint density at radius 2 is 2.07 bits per heavy atom. The normalized spacial score (nSPS) is 18.2. The third kappa shape index (κ3) is 6.49. The van der Waals surface area contributed by atoms with Gasteiger partial charge in [0.25, 0.3) is 0 Å². The SMILES string of the molecule is CN=C(NCCCn1ccnc1)NC1CCN(Cc2ccc(C(F)(F)F)cc2)C1. The van der Waals surface area contributed by atoms with Gasteiger partial charge in [-0.25, -0.2) is 4.98 Å². The van der Waals surface area contributed by atoms with Crippen molar-refractivity contribution in [3.05, 3.63) is 54.1 Å². The molecule has 1 atom stereocenters. The van der Waals surface area contributed by atoms with Crippen LogP contribution in [0.2, 0.25) is 0 Å². The Kier molecular flexibility index (Phi) is 7.13. The molecule has 1 aromatic heterocycles. The zero-order chi connectivity index (χ0) is 20.7. The minimum absolute atomic E-state index is 0.268. The summed E-state index contributed by atoms with van der Waals surface area (Å²) in [5, 5.41) is 6.76. The maximum absolute atomic E-state index is 12.7. The average Bonchev–Trinajstić information content (AvgIpc) is 3.36. The van der Waals surface area contributed by atoms with E-state index in [1.165, 1.54) is 0 Å². The van der Waals surface area contributed by atoms with Crippen LogP contribution in [-0.2, 0) is 19.3 Å². The monoisotopic (exact) mass is 408 g/mol. The van der Waals surface area contributed by atoms with Crippen molar-refractivity contribution in [2.75, 3.05) is 26.7 Å². The van der Waals surface area contributed by atoms with Crippen LogP contribution in [0, 0.1) is 0 Å². The molecule has 1 aliphatic rings. The molecule has 1 fully saturated rings. The predicted octanol–water partition coefficient (Wildman–Crippen LogP) is 2.73. The Hall–Kier alpha value is -2.55. The molecule has 0 bridgehead atoms. The Morgan fingerprint density at radius 3 is 2.72 bits per heavy atom. The summed E-state index contributed by atoms with van der Waals surface area (Å²) >= 11 is 0. The predicted molar refractivity (Wildman–Crippen MR) is 106 cm³/mol. The Balaban J connectivity index is 1.39. The van der Waals surface area contributed by atoms with Crippen molar-refractivity contribution in [2.45, 2.75) is 38.1 Å². The van der Waals surface area contributed by atoms with Crippen LogP contribution in [0.25, 0.3) is 0 Å². The zero-order valence-corrected chi connectivity index (χ0v) is 16.5.